The highest BCUT2D eigenvalue weighted by molar-refractivity contribution is 5.32. The number of rotatable bonds is 2. The number of hydrogen-bond donors (Lipinski definition) is 1. The van der Waals surface area contributed by atoms with Gasteiger partial charge in [-0.3, -0.25) is 4.98 Å². The molecule has 0 aliphatic carbocycles. The maximum absolute atomic E-state index is 4.25. The number of pyridine rings is 1. The topological polar surface area (TPSA) is 42.7 Å². The summed E-state index contributed by atoms with van der Waals surface area (Å²) in [6, 6.07) is 4.44. The normalized spacial score (nSPS) is 20.1. The molecule has 82 valence electrons. The standard InChI is InChI=1S/C12H14N4/c1-2-11(15-5-1)12-8-14-9-16(12)10-3-6-13-7-4-10/h3-4,6-9,11,15H,1-2,5H2/t11-/m0/s1. The summed E-state index contributed by atoms with van der Waals surface area (Å²) in [7, 11) is 0. The fourth-order valence-corrected chi connectivity index (χ4v) is 2.22. The average molecular weight is 214 g/mol. The van der Waals surface area contributed by atoms with Crippen LogP contribution >= 0.6 is 0 Å². The van der Waals surface area contributed by atoms with Crippen LogP contribution in [0, 0.1) is 0 Å². The summed E-state index contributed by atoms with van der Waals surface area (Å²) in [6.07, 6.45) is 9.86. The van der Waals surface area contributed by atoms with Crippen LogP contribution in [0.3, 0.4) is 0 Å². The first-order valence-corrected chi connectivity index (χ1v) is 5.61. The first-order chi connectivity index (χ1) is 7.95. The molecule has 0 amide bonds. The quantitative estimate of drug-likeness (QED) is 0.827. The predicted molar refractivity (Wildman–Crippen MR) is 61.3 cm³/mol. The molecular weight excluding hydrogens is 200 g/mol. The van der Waals surface area contributed by atoms with E-state index in [1.807, 2.05) is 24.7 Å². The Morgan fingerprint density at radius 1 is 1.25 bits per heavy atom. The molecule has 4 heteroatoms. The van der Waals surface area contributed by atoms with Gasteiger partial charge in [-0.1, -0.05) is 0 Å². The molecule has 1 atom stereocenters. The molecule has 0 spiro atoms. The van der Waals surface area contributed by atoms with Crippen molar-refractivity contribution in [3.63, 3.8) is 0 Å². The van der Waals surface area contributed by atoms with Gasteiger partial charge in [-0.25, -0.2) is 4.98 Å². The first kappa shape index (κ1) is 9.54. The van der Waals surface area contributed by atoms with Gasteiger partial charge in [0.25, 0.3) is 0 Å². The lowest BCUT2D eigenvalue weighted by Crippen LogP contribution is -2.16. The van der Waals surface area contributed by atoms with Gasteiger partial charge in [0.05, 0.1) is 18.2 Å². The number of nitrogens with zero attached hydrogens (tertiary/aromatic N) is 3. The second kappa shape index (κ2) is 4.06. The van der Waals surface area contributed by atoms with Crippen LogP contribution in [0.4, 0.5) is 0 Å². The first-order valence-electron chi connectivity index (χ1n) is 5.61. The van der Waals surface area contributed by atoms with Crippen LogP contribution in [0.15, 0.2) is 37.1 Å². The third kappa shape index (κ3) is 1.61. The Labute approximate surface area is 94.4 Å². The van der Waals surface area contributed by atoms with Gasteiger partial charge in [0.2, 0.25) is 0 Å². The molecule has 1 aliphatic heterocycles. The van der Waals surface area contributed by atoms with E-state index in [0.29, 0.717) is 6.04 Å². The van der Waals surface area contributed by atoms with E-state index in [-0.39, 0.29) is 0 Å². The van der Waals surface area contributed by atoms with E-state index in [9.17, 15) is 0 Å². The van der Waals surface area contributed by atoms with E-state index in [0.717, 1.165) is 12.2 Å². The van der Waals surface area contributed by atoms with Crippen molar-refractivity contribution in [2.24, 2.45) is 0 Å². The van der Waals surface area contributed by atoms with Crippen molar-refractivity contribution in [1.82, 2.24) is 19.9 Å². The van der Waals surface area contributed by atoms with Crippen LogP contribution in [-0.2, 0) is 0 Å². The number of nitrogens with one attached hydrogen (secondary N) is 1. The molecule has 1 N–H and O–H groups in total. The van der Waals surface area contributed by atoms with E-state index in [1.54, 1.807) is 12.4 Å². The Bertz CT molecular complexity index is 457. The lowest BCUT2D eigenvalue weighted by molar-refractivity contribution is 0.615. The molecule has 2 aromatic rings. The van der Waals surface area contributed by atoms with Crippen LogP contribution in [-0.4, -0.2) is 21.1 Å². The molecule has 0 aromatic carbocycles. The summed E-state index contributed by atoms with van der Waals surface area (Å²) in [5.41, 5.74) is 2.36. The van der Waals surface area contributed by atoms with Crippen LogP contribution in [0.25, 0.3) is 5.69 Å². The van der Waals surface area contributed by atoms with Crippen LogP contribution < -0.4 is 5.32 Å². The maximum Gasteiger partial charge on any atom is 0.0994 e. The number of hydrogen-bond acceptors (Lipinski definition) is 3. The van der Waals surface area contributed by atoms with E-state index >= 15 is 0 Å². The van der Waals surface area contributed by atoms with Crippen molar-refractivity contribution in [3.8, 4) is 5.69 Å². The van der Waals surface area contributed by atoms with Crippen molar-refractivity contribution in [2.75, 3.05) is 6.54 Å². The van der Waals surface area contributed by atoms with Gasteiger partial charge in [0.15, 0.2) is 0 Å². The fraction of sp³-hybridized carbons (Fsp3) is 0.333. The second-order valence-corrected chi connectivity index (χ2v) is 4.04. The zero-order valence-corrected chi connectivity index (χ0v) is 9.00. The van der Waals surface area contributed by atoms with Crippen molar-refractivity contribution in [2.45, 2.75) is 18.9 Å². The van der Waals surface area contributed by atoms with Gasteiger partial charge >= 0.3 is 0 Å². The second-order valence-electron chi connectivity index (χ2n) is 4.04. The van der Waals surface area contributed by atoms with Crippen LogP contribution in [0.2, 0.25) is 0 Å². The highest BCUT2D eigenvalue weighted by Crippen LogP contribution is 2.24. The summed E-state index contributed by atoms with van der Waals surface area (Å²) >= 11 is 0. The summed E-state index contributed by atoms with van der Waals surface area (Å²) < 4.78 is 2.13. The monoisotopic (exact) mass is 214 g/mol. The largest absolute Gasteiger partial charge is 0.309 e. The van der Waals surface area contributed by atoms with Gasteiger partial charge in [0.1, 0.15) is 0 Å². The van der Waals surface area contributed by atoms with E-state index in [4.69, 9.17) is 0 Å². The minimum atomic E-state index is 0.440. The van der Waals surface area contributed by atoms with Crippen molar-refractivity contribution >= 4 is 0 Å². The zero-order valence-electron chi connectivity index (χ0n) is 9.00. The highest BCUT2D eigenvalue weighted by atomic mass is 15.1. The van der Waals surface area contributed by atoms with Gasteiger partial charge in [-0.05, 0) is 31.5 Å². The Balaban J connectivity index is 1.99. The van der Waals surface area contributed by atoms with Crippen molar-refractivity contribution in [1.29, 1.82) is 0 Å². The molecule has 3 rings (SSSR count). The van der Waals surface area contributed by atoms with Gasteiger partial charge in [-0.15, -0.1) is 0 Å². The van der Waals surface area contributed by atoms with Gasteiger partial charge in [-0.2, -0.15) is 0 Å². The Hall–Kier alpha value is -1.68. The third-order valence-corrected chi connectivity index (χ3v) is 3.03. The molecule has 4 nitrogen and oxygen atoms in total. The maximum atomic E-state index is 4.25. The number of imidazole rings is 1. The molecule has 1 fully saturated rings. The van der Waals surface area contributed by atoms with Gasteiger partial charge in [0, 0.05) is 24.1 Å². The smallest absolute Gasteiger partial charge is 0.0994 e. The lowest BCUT2D eigenvalue weighted by Gasteiger charge is -2.13. The fourth-order valence-electron chi connectivity index (χ4n) is 2.22. The zero-order chi connectivity index (χ0) is 10.8. The molecule has 2 aromatic heterocycles. The summed E-state index contributed by atoms with van der Waals surface area (Å²) in [5, 5.41) is 3.49. The molecular formula is C12H14N4. The molecule has 1 saturated heterocycles. The third-order valence-electron chi connectivity index (χ3n) is 3.03. The molecule has 0 radical (unpaired) electrons. The van der Waals surface area contributed by atoms with Crippen molar-refractivity contribution < 1.29 is 0 Å². The van der Waals surface area contributed by atoms with Crippen LogP contribution in [0.1, 0.15) is 24.6 Å². The number of aromatic nitrogens is 3. The van der Waals surface area contributed by atoms with E-state index in [2.05, 4.69) is 19.9 Å². The Kier molecular flexibility index (Phi) is 2.42. The van der Waals surface area contributed by atoms with Crippen LogP contribution in [0.5, 0.6) is 0 Å². The molecule has 0 saturated carbocycles. The minimum Gasteiger partial charge on any atom is -0.309 e. The van der Waals surface area contributed by atoms with Gasteiger partial charge < -0.3 is 9.88 Å². The average Bonchev–Trinajstić information content (AvgIpc) is 3.01. The summed E-state index contributed by atoms with van der Waals surface area (Å²) in [6.45, 7) is 1.10. The lowest BCUT2D eigenvalue weighted by atomic mass is 10.1. The Morgan fingerprint density at radius 3 is 2.88 bits per heavy atom. The molecule has 0 bridgehead atoms. The molecule has 0 unspecified atom stereocenters. The highest BCUT2D eigenvalue weighted by Gasteiger charge is 2.19. The molecule has 16 heavy (non-hydrogen) atoms. The Morgan fingerprint density at radius 2 is 2.12 bits per heavy atom. The molecule has 1 aliphatic rings. The summed E-state index contributed by atoms with van der Waals surface area (Å²) in [4.78, 5) is 8.28. The van der Waals surface area contributed by atoms with Crippen molar-refractivity contribution in [3.05, 3.63) is 42.7 Å². The van der Waals surface area contributed by atoms with E-state index in [1.165, 1.54) is 18.5 Å². The molecule has 3 heterocycles. The predicted octanol–water partition coefficient (Wildman–Crippen LogP) is 1.69. The summed E-state index contributed by atoms with van der Waals surface area (Å²) in [5.74, 6) is 0. The SMILES string of the molecule is c1cc(-n2cncc2[C@@H]2CCCN2)ccn1. The minimum absolute atomic E-state index is 0.440. The van der Waals surface area contributed by atoms with E-state index < -0.39 is 0 Å².